The number of amides is 1. The Labute approximate surface area is 169 Å². The summed E-state index contributed by atoms with van der Waals surface area (Å²) in [5.41, 5.74) is 0.676. The van der Waals surface area contributed by atoms with Gasteiger partial charge in [-0.15, -0.1) is 5.10 Å². The highest BCUT2D eigenvalue weighted by Crippen LogP contribution is 2.24. The summed E-state index contributed by atoms with van der Waals surface area (Å²) >= 11 is 0. The van der Waals surface area contributed by atoms with E-state index in [2.05, 4.69) is 20.8 Å². The van der Waals surface area contributed by atoms with E-state index in [-0.39, 0.29) is 22.8 Å². The summed E-state index contributed by atoms with van der Waals surface area (Å²) in [6, 6.07) is 6.42. The van der Waals surface area contributed by atoms with Crippen molar-refractivity contribution in [3.05, 3.63) is 30.6 Å². The van der Waals surface area contributed by atoms with E-state index in [1.165, 1.54) is 15.3 Å². The minimum atomic E-state index is -3.60. The zero-order valence-corrected chi connectivity index (χ0v) is 16.8. The molecule has 0 aliphatic carbocycles. The van der Waals surface area contributed by atoms with E-state index in [9.17, 15) is 13.2 Å². The summed E-state index contributed by atoms with van der Waals surface area (Å²) in [4.78, 5) is 12.6. The van der Waals surface area contributed by atoms with Gasteiger partial charge in [-0.3, -0.25) is 4.79 Å². The van der Waals surface area contributed by atoms with Gasteiger partial charge < -0.3 is 10.1 Å². The molecule has 2 aliphatic rings. The molecule has 1 unspecified atom stereocenters. The Morgan fingerprint density at radius 1 is 1.17 bits per heavy atom. The van der Waals surface area contributed by atoms with Gasteiger partial charge in [0.2, 0.25) is 15.9 Å². The lowest BCUT2D eigenvalue weighted by atomic mass is 9.97. The lowest BCUT2D eigenvalue weighted by molar-refractivity contribution is -0.126. The van der Waals surface area contributed by atoms with Gasteiger partial charge in [0, 0.05) is 32.2 Å². The van der Waals surface area contributed by atoms with Crippen molar-refractivity contribution in [2.24, 2.45) is 5.92 Å². The molecule has 1 aromatic carbocycles. The van der Waals surface area contributed by atoms with Crippen LogP contribution in [0.3, 0.4) is 0 Å². The van der Waals surface area contributed by atoms with E-state index >= 15 is 0 Å². The molecule has 0 saturated carbocycles. The Morgan fingerprint density at radius 2 is 1.93 bits per heavy atom. The van der Waals surface area contributed by atoms with Crippen LogP contribution in [0.4, 0.5) is 0 Å². The Hall–Kier alpha value is -2.37. The number of nitrogens with zero attached hydrogens (tertiary/aromatic N) is 5. The normalized spacial score (nSPS) is 21.3. The molecule has 0 spiro atoms. The second-order valence-corrected chi connectivity index (χ2v) is 9.24. The maximum Gasteiger partial charge on any atom is 0.243 e. The quantitative estimate of drug-likeness (QED) is 0.716. The minimum Gasteiger partial charge on any atom is -0.376 e. The lowest BCUT2D eigenvalue weighted by Gasteiger charge is -2.30. The molecule has 2 aromatic rings. The number of hydrogen-bond acceptors (Lipinski definition) is 7. The highest BCUT2D eigenvalue weighted by Gasteiger charge is 2.32. The number of carbonyl (C=O) groups is 1. The van der Waals surface area contributed by atoms with Crippen LogP contribution >= 0.6 is 0 Å². The topological polar surface area (TPSA) is 119 Å². The van der Waals surface area contributed by atoms with Gasteiger partial charge >= 0.3 is 0 Å². The highest BCUT2D eigenvalue weighted by atomic mass is 32.2. The Balaban J connectivity index is 1.33. The first-order valence-electron chi connectivity index (χ1n) is 9.77. The van der Waals surface area contributed by atoms with E-state index in [1.54, 1.807) is 24.3 Å². The molecule has 2 fully saturated rings. The van der Waals surface area contributed by atoms with Crippen molar-refractivity contribution in [3.63, 3.8) is 0 Å². The van der Waals surface area contributed by atoms with Crippen LogP contribution in [0.2, 0.25) is 0 Å². The molecule has 4 rings (SSSR count). The Kier molecular flexibility index (Phi) is 5.88. The molecule has 2 saturated heterocycles. The number of ether oxygens (including phenoxy) is 1. The molecule has 0 bridgehead atoms. The monoisotopic (exact) mass is 420 g/mol. The third-order valence-electron chi connectivity index (χ3n) is 5.44. The standard InChI is InChI=1S/C18H24N6O4S/c25-18(19-12-16-2-1-11-28-16)14-7-9-23(10-8-14)29(26,27)17-5-3-15(4-6-17)24-13-20-21-22-24/h3-6,13-14,16H,1-2,7-12H2,(H,19,25). The zero-order chi connectivity index (χ0) is 20.3. The van der Waals surface area contributed by atoms with Gasteiger partial charge in [-0.1, -0.05) is 0 Å². The molecule has 1 N–H and O–H groups in total. The van der Waals surface area contributed by atoms with Gasteiger partial charge in [-0.2, -0.15) is 4.31 Å². The van der Waals surface area contributed by atoms with Crippen LogP contribution < -0.4 is 5.32 Å². The fraction of sp³-hybridized carbons (Fsp3) is 0.556. The highest BCUT2D eigenvalue weighted by molar-refractivity contribution is 7.89. The van der Waals surface area contributed by atoms with Crippen molar-refractivity contribution in [1.82, 2.24) is 29.8 Å². The van der Waals surface area contributed by atoms with Crippen LogP contribution in [0.25, 0.3) is 5.69 Å². The summed E-state index contributed by atoms with van der Waals surface area (Å²) in [7, 11) is -3.60. The minimum absolute atomic E-state index is 0.0108. The van der Waals surface area contributed by atoms with Crippen molar-refractivity contribution in [2.75, 3.05) is 26.2 Å². The summed E-state index contributed by atoms with van der Waals surface area (Å²) in [5.74, 6) is -0.173. The molecule has 3 heterocycles. The van der Waals surface area contributed by atoms with Crippen LogP contribution in [0.15, 0.2) is 35.5 Å². The van der Waals surface area contributed by atoms with Gasteiger partial charge in [0.25, 0.3) is 0 Å². The smallest absolute Gasteiger partial charge is 0.243 e. The van der Waals surface area contributed by atoms with Crippen molar-refractivity contribution in [3.8, 4) is 5.69 Å². The van der Waals surface area contributed by atoms with E-state index in [1.807, 2.05) is 0 Å². The van der Waals surface area contributed by atoms with Crippen LogP contribution in [0.5, 0.6) is 0 Å². The number of nitrogens with one attached hydrogen (secondary N) is 1. The average molecular weight is 420 g/mol. The second kappa shape index (κ2) is 8.56. The molecule has 29 heavy (non-hydrogen) atoms. The fourth-order valence-corrected chi connectivity index (χ4v) is 5.19. The first kappa shape index (κ1) is 19.9. The average Bonchev–Trinajstić information content (AvgIpc) is 3.46. The molecule has 1 aromatic heterocycles. The predicted molar refractivity (Wildman–Crippen MR) is 103 cm³/mol. The second-order valence-electron chi connectivity index (χ2n) is 7.31. The summed E-state index contributed by atoms with van der Waals surface area (Å²) in [5, 5.41) is 13.9. The van der Waals surface area contributed by atoms with E-state index in [4.69, 9.17) is 4.74 Å². The fourth-order valence-electron chi connectivity index (χ4n) is 3.72. The Bertz CT molecular complexity index is 918. The molecule has 2 aliphatic heterocycles. The van der Waals surface area contributed by atoms with Gasteiger partial charge in [-0.25, -0.2) is 13.1 Å². The molecular weight excluding hydrogens is 396 g/mol. The number of carbonyl (C=O) groups excluding carboxylic acids is 1. The number of rotatable bonds is 6. The maximum atomic E-state index is 12.9. The molecular formula is C18H24N6O4S. The van der Waals surface area contributed by atoms with E-state index < -0.39 is 10.0 Å². The predicted octanol–water partition coefficient (Wildman–Crippen LogP) is 0.358. The molecule has 1 atom stereocenters. The number of aromatic nitrogens is 4. The van der Waals surface area contributed by atoms with Crippen molar-refractivity contribution in [2.45, 2.75) is 36.7 Å². The van der Waals surface area contributed by atoms with Crippen LogP contribution in [0.1, 0.15) is 25.7 Å². The van der Waals surface area contributed by atoms with Gasteiger partial charge in [0.15, 0.2) is 0 Å². The van der Waals surface area contributed by atoms with Gasteiger partial charge in [0.05, 0.1) is 16.7 Å². The number of benzene rings is 1. The van der Waals surface area contributed by atoms with Crippen molar-refractivity contribution < 1.29 is 17.9 Å². The molecule has 1 amide bonds. The number of hydrogen-bond donors (Lipinski definition) is 1. The first-order valence-corrected chi connectivity index (χ1v) is 11.2. The molecule has 0 radical (unpaired) electrons. The van der Waals surface area contributed by atoms with Crippen molar-refractivity contribution in [1.29, 1.82) is 0 Å². The van der Waals surface area contributed by atoms with E-state index in [0.29, 0.717) is 38.2 Å². The zero-order valence-electron chi connectivity index (χ0n) is 16.0. The maximum absolute atomic E-state index is 12.9. The SMILES string of the molecule is O=C(NCC1CCCO1)C1CCN(S(=O)(=O)c2ccc(-n3cnnn3)cc2)CC1. The Morgan fingerprint density at radius 3 is 2.55 bits per heavy atom. The largest absolute Gasteiger partial charge is 0.376 e. The summed E-state index contributed by atoms with van der Waals surface area (Å²) in [6.45, 7) is 1.95. The molecule has 10 nitrogen and oxygen atoms in total. The first-order chi connectivity index (χ1) is 14.0. The summed E-state index contributed by atoms with van der Waals surface area (Å²) < 4.78 is 34.3. The molecule has 11 heteroatoms. The third-order valence-corrected chi connectivity index (χ3v) is 7.35. The number of tetrazole rings is 1. The van der Waals surface area contributed by atoms with Gasteiger partial charge in [0.1, 0.15) is 6.33 Å². The summed E-state index contributed by atoms with van der Waals surface area (Å²) in [6.07, 6.45) is 4.59. The van der Waals surface area contributed by atoms with Gasteiger partial charge in [-0.05, 0) is 60.4 Å². The molecule has 156 valence electrons. The van der Waals surface area contributed by atoms with Crippen molar-refractivity contribution >= 4 is 15.9 Å². The lowest BCUT2D eigenvalue weighted by Crippen LogP contribution is -2.44. The van der Waals surface area contributed by atoms with Crippen LogP contribution in [-0.2, 0) is 19.6 Å². The van der Waals surface area contributed by atoms with E-state index in [0.717, 1.165) is 19.4 Å². The van der Waals surface area contributed by atoms with Crippen LogP contribution in [-0.4, -0.2) is 71.2 Å². The number of sulfonamides is 1. The third kappa shape index (κ3) is 4.46. The van der Waals surface area contributed by atoms with Crippen LogP contribution in [0, 0.1) is 5.92 Å². The number of piperidine rings is 1.